The van der Waals surface area contributed by atoms with Crippen LogP contribution in [0.15, 0.2) is 4.63 Å². The van der Waals surface area contributed by atoms with Gasteiger partial charge in [-0.2, -0.15) is 4.68 Å². The Morgan fingerprint density at radius 2 is 1.87 bits per heavy atom. The fraction of sp³-hybridized carbons (Fsp3) is 0.647. The van der Waals surface area contributed by atoms with Gasteiger partial charge in [0.2, 0.25) is 11.6 Å². The minimum absolute atomic E-state index is 0.0360. The maximum Gasteiger partial charge on any atom is 0.278 e. The number of nitrogen functional groups attached to an aromatic ring is 1. The second-order valence-electron chi connectivity index (χ2n) is 7.94. The molecule has 30 heavy (non-hydrogen) atoms. The topological polar surface area (TPSA) is 187 Å². The summed E-state index contributed by atoms with van der Waals surface area (Å²) in [6.45, 7) is 3.28. The van der Waals surface area contributed by atoms with Crippen LogP contribution in [0.2, 0.25) is 0 Å². The molecule has 1 amide bonds. The lowest BCUT2D eigenvalue weighted by Crippen LogP contribution is -3.22. The summed E-state index contributed by atoms with van der Waals surface area (Å²) in [6.07, 6.45) is 4.59. The van der Waals surface area contributed by atoms with Gasteiger partial charge in [-0.15, -0.1) is 5.10 Å². The number of primary amides is 1. The number of likely N-dealkylation sites (tertiary alicyclic amines) is 2. The first kappa shape index (κ1) is 20.2. The van der Waals surface area contributed by atoms with E-state index >= 15 is 0 Å². The zero-order valence-corrected chi connectivity index (χ0v) is 16.5. The van der Waals surface area contributed by atoms with Crippen molar-refractivity contribution in [2.24, 2.45) is 5.73 Å². The van der Waals surface area contributed by atoms with Crippen LogP contribution in [0, 0.1) is 0 Å². The Bertz CT molecular complexity index is 926. The second kappa shape index (κ2) is 7.99. The van der Waals surface area contributed by atoms with Crippen molar-refractivity contribution >= 4 is 17.7 Å². The molecule has 0 spiro atoms. The number of piperidine rings is 2. The number of nitrogens with one attached hydrogen (secondary N) is 1. The molecular weight excluding hydrogens is 394 g/mol. The first-order valence-corrected chi connectivity index (χ1v) is 10.0. The van der Waals surface area contributed by atoms with E-state index in [4.69, 9.17) is 11.5 Å². The van der Waals surface area contributed by atoms with Gasteiger partial charge >= 0.3 is 0 Å². The molecule has 2 aromatic heterocycles. The molecule has 162 valence electrons. The molecule has 0 aromatic carbocycles. The summed E-state index contributed by atoms with van der Waals surface area (Å²) < 4.78 is 5.79. The van der Waals surface area contributed by atoms with Gasteiger partial charge < -0.3 is 26.3 Å². The van der Waals surface area contributed by atoms with Crippen molar-refractivity contribution in [2.45, 2.75) is 44.2 Å². The summed E-state index contributed by atoms with van der Waals surface area (Å²) in [7, 11) is 0. The lowest BCUT2D eigenvalue weighted by atomic mass is 9.83. The zero-order chi connectivity index (χ0) is 21.3. The molecule has 2 saturated heterocycles. The molecule has 13 nitrogen and oxygen atoms in total. The number of anilines is 1. The Morgan fingerprint density at radius 1 is 1.17 bits per heavy atom. The Balaban J connectivity index is 1.54. The Morgan fingerprint density at radius 3 is 2.43 bits per heavy atom. The Labute approximate surface area is 171 Å². The van der Waals surface area contributed by atoms with Gasteiger partial charge in [0.15, 0.2) is 5.54 Å². The van der Waals surface area contributed by atoms with Crippen molar-refractivity contribution in [1.29, 1.82) is 0 Å². The molecule has 0 aliphatic carbocycles. The molecule has 5 N–H and O–H groups in total. The number of aromatic carboxylic acids is 1. The fourth-order valence-corrected chi connectivity index (χ4v) is 4.65. The SMILES string of the molecule is NC(=O)C1([NH+]2CCCCC2)CCN(Cc2c(C(=O)[O-])nnn2-c2nonc2N)CC1. The van der Waals surface area contributed by atoms with Crippen LogP contribution in [0.1, 0.15) is 48.3 Å². The number of amides is 1. The molecule has 4 heterocycles. The van der Waals surface area contributed by atoms with E-state index in [1.807, 2.05) is 4.90 Å². The van der Waals surface area contributed by atoms with Crippen LogP contribution < -0.4 is 21.5 Å². The number of aromatic nitrogens is 5. The number of hydrogen-bond acceptors (Lipinski definition) is 10. The quantitative estimate of drug-likeness (QED) is 0.424. The molecule has 0 unspecified atom stereocenters. The average Bonchev–Trinajstić information content (AvgIpc) is 3.35. The molecule has 2 aromatic rings. The first-order valence-electron chi connectivity index (χ1n) is 10.0. The molecule has 0 atom stereocenters. The Hall–Kier alpha value is -3.06. The molecule has 2 fully saturated rings. The monoisotopic (exact) mass is 419 g/mol. The predicted octanol–water partition coefficient (Wildman–Crippen LogP) is -3.52. The number of hydrogen-bond donors (Lipinski definition) is 3. The van der Waals surface area contributed by atoms with Crippen LogP contribution in [0.3, 0.4) is 0 Å². The number of quaternary nitrogens is 1. The summed E-state index contributed by atoms with van der Waals surface area (Å²) in [5.74, 6) is -1.69. The highest BCUT2D eigenvalue weighted by Gasteiger charge is 2.49. The molecule has 0 bridgehead atoms. The maximum atomic E-state index is 12.4. The van der Waals surface area contributed by atoms with Crippen molar-refractivity contribution < 1.29 is 24.2 Å². The number of rotatable bonds is 6. The largest absolute Gasteiger partial charge is 0.543 e. The van der Waals surface area contributed by atoms with E-state index < -0.39 is 11.5 Å². The van der Waals surface area contributed by atoms with Crippen LogP contribution in [0.4, 0.5) is 5.82 Å². The van der Waals surface area contributed by atoms with Crippen LogP contribution in [-0.4, -0.2) is 73.8 Å². The summed E-state index contributed by atoms with van der Waals surface area (Å²) in [5.41, 5.74) is 11.0. The first-order chi connectivity index (χ1) is 14.4. The molecule has 13 heteroatoms. The van der Waals surface area contributed by atoms with Gasteiger partial charge in [0, 0.05) is 32.5 Å². The van der Waals surface area contributed by atoms with Gasteiger partial charge in [-0.25, -0.2) is 4.63 Å². The van der Waals surface area contributed by atoms with Crippen LogP contribution in [-0.2, 0) is 11.3 Å². The van der Waals surface area contributed by atoms with Crippen LogP contribution in [0.5, 0.6) is 0 Å². The average molecular weight is 419 g/mol. The predicted molar refractivity (Wildman–Crippen MR) is 98.9 cm³/mol. The van der Waals surface area contributed by atoms with Gasteiger partial charge in [-0.05, 0) is 29.6 Å². The van der Waals surface area contributed by atoms with Gasteiger partial charge in [-0.1, -0.05) is 5.21 Å². The summed E-state index contributed by atoms with van der Waals surface area (Å²) in [4.78, 5) is 27.3. The number of carboxylic acids is 1. The standard InChI is InChI=1S/C17H25N9O4/c18-13-14(22-30-21-13)26-11(12(15(27)28)20-23-26)10-24-8-4-17(5-9-24,16(19)29)25-6-2-1-3-7-25/h1-10H2,(H2,18,21)(H2,19,29)(H,27,28). The molecule has 2 aliphatic rings. The molecule has 4 rings (SSSR count). The van der Waals surface area contributed by atoms with Crippen molar-refractivity contribution in [1.82, 2.24) is 30.2 Å². The van der Waals surface area contributed by atoms with E-state index in [1.54, 1.807) is 0 Å². The fourth-order valence-electron chi connectivity index (χ4n) is 4.65. The lowest BCUT2D eigenvalue weighted by Gasteiger charge is -2.45. The number of nitrogens with zero attached hydrogens (tertiary/aromatic N) is 6. The summed E-state index contributed by atoms with van der Waals surface area (Å²) in [5, 5.41) is 26.2. The van der Waals surface area contributed by atoms with Crippen molar-refractivity contribution in [3.8, 4) is 5.82 Å². The molecule has 0 radical (unpaired) electrons. The normalized spacial score (nSPS) is 20.3. The number of carboxylic acid groups (broad SMARTS) is 1. The van der Waals surface area contributed by atoms with E-state index in [0.29, 0.717) is 25.9 Å². The lowest BCUT2D eigenvalue weighted by molar-refractivity contribution is -0.948. The third-order valence-corrected chi connectivity index (χ3v) is 6.34. The Kier molecular flexibility index (Phi) is 5.39. The second-order valence-corrected chi connectivity index (χ2v) is 7.94. The number of nitrogens with two attached hydrogens (primary N) is 2. The molecular formula is C17H25N9O4. The van der Waals surface area contributed by atoms with Crippen LogP contribution >= 0.6 is 0 Å². The number of carbonyl (C=O) groups excluding carboxylic acids is 2. The summed E-state index contributed by atoms with van der Waals surface area (Å²) in [6, 6.07) is 0. The van der Waals surface area contributed by atoms with Crippen molar-refractivity contribution in [2.75, 3.05) is 31.9 Å². The van der Waals surface area contributed by atoms with Crippen LogP contribution in [0.25, 0.3) is 5.82 Å². The minimum Gasteiger partial charge on any atom is -0.543 e. The highest BCUT2D eigenvalue weighted by molar-refractivity contribution is 5.85. The van der Waals surface area contributed by atoms with Crippen molar-refractivity contribution in [3.05, 3.63) is 11.4 Å². The van der Waals surface area contributed by atoms with E-state index in [0.717, 1.165) is 25.9 Å². The highest BCUT2D eigenvalue weighted by atomic mass is 16.6. The van der Waals surface area contributed by atoms with E-state index in [2.05, 4.69) is 25.3 Å². The van der Waals surface area contributed by atoms with Gasteiger partial charge in [-0.3, -0.25) is 9.69 Å². The zero-order valence-electron chi connectivity index (χ0n) is 16.5. The van der Waals surface area contributed by atoms with Crippen molar-refractivity contribution in [3.63, 3.8) is 0 Å². The van der Waals surface area contributed by atoms with Gasteiger partial charge in [0.25, 0.3) is 5.91 Å². The molecule has 2 aliphatic heterocycles. The maximum absolute atomic E-state index is 12.4. The van der Waals surface area contributed by atoms with E-state index in [1.165, 1.54) is 16.0 Å². The smallest absolute Gasteiger partial charge is 0.278 e. The highest BCUT2D eigenvalue weighted by Crippen LogP contribution is 2.24. The molecule has 0 saturated carbocycles. The summed E-state index contributed by atoms with van der Waals surface area (Å²) >= 11 is 0. The minimum atomic E-state index is -1.45. The third kappa shape index (κ3) is 3.50. The van der Waals surface area contributed by atoms with E-state index in [9.17, 15) is 14.7 Å². The van der Waals surface area contributed by atoms with E-state index in [-0.39, 0.29) is 35.5 Å². The van der Waals surface area contributed by atoms with Gasteiger partial charge in [0.05, 0.1) is 24.8 Å². The van der Waals surface area contributed by atoms with Gasteiger partial charge in [0.1, 0.15) is 5.69 Å². The third-order valence-electron chi connectivity index (χ3n) is 6.34. The number of carbonyl (C=O) groups is 2.